The highest BCUT2D eigenvalue weighted by Gasteiger charge is 2.56. The summed E-state index contributed by atoms with van der Waals surface area (Å²) in [6, 6.07) is 14.0. The lowest BCUT2D eigenvalue weighted by molar-refractivity contribution is 0.0283. The fraction of sp³-hybridized carbons (Fsp3) is 0.588. The minimum atomic E-state index is 0.213. The van der Waals surface area contributed by atoms with E-state index >= 15 is 0 Å². The Morgan fingerprint density at radius 3 is 2.31 bits per heavy atom. The van der Waals surface area contributed by atoms with Crippen molar-refractivity contribution >= 4 is 5.69 Å². The summed E-state index contributed by atoms with van der Waals surface area (Å²) in [6.07, 6.45) is 12.9. The highest BCUT2D eigenvalue weighted by atomic mass is 14.6. The number of nitrogens with two attached hydrogens (primary N) is 1. The molecule has 2 N–H and O–H groups in total. The second-order valence-electron chi connectivity index (χ2n) is 13.4. The second-order valence-corrected chi connectivity index (χ2v) is 13.4. The highest BCUT2D eigenvalue weighted by molar-refractivity contribution is 5.50. The van der Waals surface area contributed by atoms with E-state index < -0.39 is 0 Å². The minimum absolute atomic E-state index is 0.213. The van der Waals surface area contributed by atoms with Crippen LogP contribution < -0.4 is 5.73 Å². The SMILES string of the molecule is C=C(C1CCCC2(C)c3cc(C)ccc3CCC12)C1(C)CCCC2(C)c3cc(N)ccc3CCC12. The standard InChI is InChI=1S/C34H45N/c1-22-9-10-24-12-15-28-27(8-6-17-33(28,4)29(24)20-22)23(2)32(3)18-7-19-34(5)30-21-26(35)14-11-25(30)13-16-31(32)34/h9-11,14,20-21,27-28,31H,2,6-8,12-13,15-19,35H2,1,3-5H3. The van der Waals surface area contributed by atoms with Crippen LogP contribution in [-0.2, 0) is 23.7 Å². The number of anilines is 1. The fourth-order valence-electron chi connectivity index (χ4n) is 9.83. The molecule has 0 amide bonds. The highest BCUT2D eigenvalue weighted by Crippen LogP contribution is 2.63. The molecule has 2 aromatic rings. The number of fused-ring (bicyclic) bond motifs is 6. The van der Waals surface area contributed by atoms with Crippen molar-refractivity contribution in [2.24, 2.45) is 23.2 Å². The van der Waals surface area contributed by atoms with E-state index in [2.05, 4.69) is 64.1 Å². The van der Waals surface area contributed by atoms with Crippen molar-refractivity contribution in [3.63, 3.8) is 0 Å². The molecular formula is C34H45N. The van der Waals surface area contributed by atoms with Gasteiger partial charge in [-0.25, -0.2) is 0 Å². The summed E-state index contributed by atoms with van der Waals surface area (Å²) in [6.45, 7) is 15.1. The van der Waals surface area contributed by atoms with Crippen molar-refractivity contribution < 1.29 is 0 Å². The zero-order valence-electron chi connectivity index (χ0n) is 22.6. The lowest BCUT2D eigenvalue weighted by Crippen LogP contribution is -2.52. The maximum Gasteiger partial charge on any atom is 0.0317 e. The van der Waals surface area contributed by atoms with E-state index in [-0.39, 0.29) is 10.8 Å². The van der Waals surface area contributed by atoms with Gasteiger partial charge >= 0.3 is 0 Å². The Morgan fingerprint density at radius 1 is 0.829 bits per heavy atom. The van der Waals surface area contributed by atoms with Crippen LogP contribution in [0.25, 0.3) is 0 Å². The Hall–Kier alpha value is -2.02. The van der Waals surface area contributed by atoms with Gasteiger partial charge in [0.2, 0.25) is 0 Å². The van der Waals surface area contributed by atoms with Gasteiger partial charge in [0.05, 0.1) is 0 Å². The van der Waals surface area contributed by atoms with E-state index in [1.54, 1.807) is 22.3 Å². The number of aryl methyl sites for hydroxylation is 3. The fourth-order valence-corrected chi connectivity index (χ4v) is 9.83. The van der Waals surface area contributed by atoms with Crippen molar-refractivity contribution in [3.8, 4) is 0 Å². The van der Waals surface area contributed by atoms with Crippen molar-refractivity contribution in [1.29, 1.82) is 0 Å². The van der Waals surface area contributed by atoms with Crippen LogP contribution in [0.1, 0.15) is 100.0 Å². The molecule has 1 nitrogen and oxygen atoms in total. The molecule has 0 spiro atoms. The minimum Gasteiger partial charge on any atom is -0.399 e. The first-order valence-corrected chi connectivity index (χ1v) is 14.3. The first kappa shape index (κ1) is 23.4. The number of nitrogen functional groups attached to an aromatic ring is 1. The van der Waals surface area contributed by atoms with Gasteiger partial charge < -0.3 is 5.73 Å². The van der Waals surface area contributed by atoms with E-state index in [0.717, 1.165) is 11.6 Å². The van der Waals surface area contributed by atoms with E-state index in [1.807, 2.05) is 0 Å². The lowest BCUT2D eigenvalue weighted by Gasteiger charge is -2.59. The average Bonchev–Trinajstić information content (AvgIpc) is 2.83. The number of rotatable bonds is 2. The molecule has 6 rings (SSSR count). The molecule has 6 atom stereocenters. The molecule has 0 aliphatic heterocycles. The van der Waals surface area contributed by atoms with E-state index in [4.69, 9.17) is 12.3 Å². The van der Waals surface area contributed by atoms with Gasteiger partial charge in [-0.2, -0.15) is 0 Å². The normalized spacial score (nSPS) is 38.0. The first-order chi connectivity index (χ1) is 16.7. The van der Waals surface area contributed by atoms with Gasteiger partial charge in [-0.3, -0.25) is 0 Å². The Morgan fingerprint density at radius 2 is 1.51 bits per heavy atom. The van der Waals surface area contributed by atoms with Crippen LogP contribution in [0.5, 0.6) is 0 Å². The number of hydrogen-bond acceptors (Lipinski definition) is 1. The molecule has 0 aromatic heterocycles. The summed E-state index contributed by atoms with van der Waals surface area (Å²) in [7, 11) is 0. The van der Waals surface area contributed by atoms with Gasteiger partial charge in [0, 0.05) is 5.69 Å². The van der Waals surface area contributed by atoms with Gasteiger partial charge in [-0.15, -0.1) is 0 Å². The summed E-state index contributed by atoms with van der Waals surface area (Å²) < 4.78 is 0. The Bertz CT molecular complexity index is 1180. The summed E-state index contributed by atoms with van der Waals surface area (Å²) in [5, 5.41) is 0. The molecule has 4 aliphatic carbocycles. The second kappa shape index (κ2) is 7.99. The van der Waals surface area contributed by atoms with Crippen LogP contribution in [0.2, 0.25) is 0 Å². The number of hydrogen-bond donors (Lipinski definition) is 1. The van der Waals surface area contributed by atoms with Crippen molar-refractivity contribution in [3.05, 3.63) is 76.4 Å². The zero-order valence-corrected chi connectivity index (χ0v) is 22.6. The van der Waals surface area contributed by atoms with E-state index in [9.17, 15) is 0 Å². The smallest absolute Gasteiger partial charge is 0.0317 e. The van der Waals surface area contributed by atoms with Crippen molar-refractivity contribution in [2.75, 3.05) is 5.73 Å². The average molecular weight is 468 g/mol. The summed E-state index contributed by atoms with van der Waals surface area (Å²) in [5.41, 5.74) is 17.4. The first-order valence-electron chi connectivity index (χ1n) is 14.3. The third-order valence-corrected chi connectivity index (χ3v) is 11.7. The quantitative estimate of drug-likeness (QED) is 0.348. The molecule has 0 saturated heterocycles. The molecule has 35 heavy (non-hydrogen) atoms. The molecule has 186 valence electrons. The van der Waals surface area contributed by atoms with Crippen LogP contribution in [0.15, 0.2) is 48.6 Å². The molecule has 2 fully saturated rings. The van der Waals surface area contributed by atoms with Crippen LogP contribution >= 0.6 is 0 Å². The van der Waals surface area contributed by atoms with Crippen LogP contribution in [-0.4, -0.2) is 0 Å². The monoisotopic (exact) mass is 467 g/mol. The molecule has 0 radical (unpaired) electrons. The van der Waals surface area contributed by atoms with Gasteiger partial charge in [0.15, 0.2) is 0 Å². The zero-order chi connectivity index (χ0) is 24.6. The van der Waals surface area contributed by atoms with E-state index in [0.29, 0.717) is 17.3 Å². The maximum absolute atomic E-state index is 6.33. The Balaban J connectivity index is 1.37. The van der Waals surface area contributed by atoms with Crippen LogP contribution in [0.3, 0.4) is 0 Å². The molecule has 1 heteroatoms. The van der Waals surface area contributed by atoms with Gasteiger partial charge in [-0.05, 0) is 127 Å². The van der Waals surface area contributed by atoms with Gasteiger partial charge in [0.1, 0.15) is 0 Å². The Kier molecular flexibility index (Phi) is 5.34. The molecule has 0 heterocycles. The lowest BCUT2D eigenvalue weighted by atomic mass is 9.45. The van der Waals surface area contributed by atoms with Crippen LogP contribution in [0.4, 0.5) is 5.69 Å². The Labute approximate surface area is 213 Å². The summed E-state index contributed by atoms with van der Waals surface area (Å²) in [4.78, 5) is 0. The number of allylic oxidation sites excluding steroid dienone is 1. The van der Waals surface area contributed by atoms with Crippen molar-refractivity contribution in [1.82, 2.24) is 0 Å². The summed E-state index contributed by atoms with van der Waals surface area (Å²) in [5.74, 6) is 2.04. The summed E-state index contributed by atoms with van der Waals surface area (Å²) >= 11 is 0. The molecule has 0 bridgehead atoms. The maximum atomic E-state index is 6.33. The molecule has 6 unspecified atom stereocenters. The molecular weight excluding hydrogens is 422 g/mol. The predicted molar refractivity (Wildman–Crippen MR) is 149 cm³/mol. The number of benzene rings is 2. The van der Waals surface area contributed by atoms with Gasteiger partial charge in [0.25, 0.3) is 0 Å². The predicted octanol–water partition coefficient (Wildman–Crippen LogP) is 8.46. The topological polar surface area (TPSA) is 26.0 Å². The van der Waals surface area contributed by atoms with Crippen LogP contribution in [0, 0.1) is 30.1 Å². The largest absolute Gasteiger partial charge is 0.399 e. The molecule has 4 aliphatic rings. The van der Waals surface area contributed by atoms with E-state index in [1.165, 1.54) is 75.3 Å². The molecule has 2 saturated carbocycles. The van der Waals surface area contributed by atoms with Gasteiger partial charge in [-0.1, -0.05) is 75.6 Å². The third-order valence-electron chi connectivity index (χ3n) is 11.7. The third kappa shape index (κ3) is 3.32. The molecule has 2 aromatic carbocycles. The van der Waals surface area contributed by atoms with Crippen molar-refractivity contribution in [2.45, 2.75) is 103 Å².